The summed E-state index contributed by atoms with van der Waals surface area (Å²) in [6, 6.07) is 8.08. The third-order valence-corrected chi connectivity index (χ3v) is 3.51. The van der Waals surface area contributed by atoms with Crippen LogP contribution in [0.2, 0.25) is 0 Å². The summed E-state index contributed by atoms with van der Waals surface area (Å²) in [5.41, 5.74) is 2.53. The minimum atomic E-state index is -0.152. The molecule has 0 aliphatic carbocycles. The van der Waals surface area contributed by atoms with Gasteiger partial charge in [0.15, 0.2) is 0 Å². The van der Waals surface area contributed by atoms with Gasteiger partial charge >= 0.3 is 0 Å². The van der Waals surface area contributed by atoms with E-state index in [1.54, 1.807) is 17.1 Å². The summed E-state index contributed by atoms with van der Waals surface area (Å²) in [6.45, 7) is 1.94. The first-order chi connectivity index (χ1) is 9.83. The number of benzene rings is 1. The van der Waals surface area contributed by atoms with E-state index in [2.05, 4.69) is 33.1 Å². The monoisotopic (exact) mass is 271 g/mol. The molecule has 1 amide bonds. The van der Waals surface area contributed by atoms with Crippen LogP contribution in [-0.2, 0) is 24.3 Å². The smallest absolute Gasteiger partial charge is 0.237 e. The molecule has 1 aromatic carbocycles. The van der Waals surface area contributed by atoms with Gasteiger partial charge in [-0.05, 0) is 17.5 Å². The molecular weight excluding hydrogens is 254 g/mol. The fourth-order valence-corrected chi connectivity index (χ4v) is 2.41. The average Bonchev–Trinajstić information content (AvgIpc) is 3.00. The lowest BCUT2D eigenvalue weighted by Crippen LogP contribution is -2.48. The molecule has 2 heterocycles. The van der Waals surface area contributed by atoms with E-state index < -0.39 is 0 Å². The Morgan fingerprint density at radius 1 is 1.40 bits per heavy atom. The molecule has 2 N–H and O–H groups in total. The van der Waals surface area contributed by atoms with Crippen LogP contribution in [0.15, 0.2) is 36.7 Å². The Kier molecular flexibility index (Phi) is 3.73. The van der Waals surface area contributed by atoms with Crippen molar-refractivity contribution >= 4 is 5.91 Å². The van der Waals surface area contributed by atoms with Gasteiger partial charge in [0.1, 0.15) is 0 Å². The van der Waals surface area contributed by atoms with Crippen LogP contribution in [0.4, 0.5) is 0 Å². The van der Waals surface area contributed by atoms with Crippen molar-refractivity contribution in [2.24, 2.45) is 0 Å². The zero-order valence-electron chi connectivity index (χ0n) is 11.1. The third-order valence-electron chi connectivity index (χ3n) is 3.51. The number of nitrogens with one attached hydrogen (secondary N) is 2. The van der Waals surface area contributed by atoms with E-state index in [4.69, 9.17) is 0 Å². The number of nitrogens with zero attached hydrogens (tertiary/aromatic N) is 3. The predicted molar refractivity (Wildman–Crippen MR) is 73.8 cm³/mol. The van der Waals surface area contributed by atoms with Gasteiger partial charge < -0.3 is 10.6 Å². The molecule has 6 heteroatoms. The number of fused-ring (bicyclic) bond motifs is 1. The highest BCUT2D eigenvalue weighted by Gasteiger charge is 2.23. The van der Waals surface area contributed by atoms with Crippen LogP contribution in [0.25, 0.3) is 0 Å². The van der Waals surface area contributed by atoms with Crippen molar-refractivity contribution in [2.75, 3.05) is 6.54 Å². The van der Waals surface area contributed by atoms with E-state index in [-0.39, 0.29) is 11.9 Å². The third kappa shape index (κ3) is 2.85. The highest BCUT2D eigenvalue weighted by Crippen LogP contribution is 2.16. The van der Waals surface area contributed by atoms with E-state index in [0.29, 0.717) is 13.1 Å². The van der Waals surface area contributed by atoms with Gasteiger partial charge in [-0.3, -0.25) is 9.48 Å². The number of rotatable bonds is 4. The molecule has 1 atom stereocenters. The van der Waals surface area contributed by atoms with Crippen LogP contribution in [0.1, 0.15) is 11.1 Å². The molecule has 0 radical (unpaired) electrons. The topological polar surface area (TPSA) is 71.8 Å². The molecule has 20 heavy (non-hydrogen) atoms. The fourth-order valence-electron chi connectivity index (χ4n) is 2.41. The average molecular weight is 271 g/mol. The number of amides is 1. The minimum Gasteiger partial charge on any atom is -0.353 e. The van der Waals surface area contributed by atoms with Crippen molar-refractivity contribution in [1.29, 1.82) is 0 Å². The minimum absolute atomic E-state index is 0.0413. The Bertz CT molecular complexity index is 581. The molecule has 2 aromatic rings. The molecule has 1 aliphatic heterocycles. The lowest BCUT2D eigenvalue weighted by Gasteiger charge is -2.25. The van der Waals surface area contributed by atoms with Gasteiger partial charge in [-0.2, -0.15) is 0 Å². The Balaban J connectivity index is 1.51. The first-order valence-electron chi connectivity index (χ1n) is 6.75. The number of carbonyl (C=O) groups is 1. The summed E-state index contributed by atoms with van der Waals surface area (Å²) in [6.07, 6.45) is 4.15. The van der Waals surface area contributed by atoms with E-state index in [1.807, 2.05) is 12.1 Å². The predicted octanol–water partition coefficient (Wildman–Crippen LogP) is 0.109. The van der Waals surface area contributed by atoms with Gasteiger partial charge in [0, 0.05) is 19.3 Å². The Morgan fingerprint density at radius 3 is 3.05 bits per heavy atom. The summed E-state index contributed by atoms with van der Waals surface area (Å²) < 4.78 is 1.70. The number of hydrogen-bond acceptors (Lipinski definition) is 4. The van der Waals surface area contributed by atoms with Gasteiger partial charge in [-0.1, -0.05) is 29.5 Å². The van der Waals surface area contributed by atoms with Crippen molar-refractivity contribution < 1.29 is 4.79 Å². The number of aromatic nitrogens is 3. The molecule has 3 rings (SSSR count). The Morgan fingerprint density at radius 2 is 2.25 bits per heavy atom. The van der Waals surface area contributed by atoms with Crippen molar-refractivity contribution in [1.82, 2.24) is 25.6 Å². The SMILES string of the molecule is O=C(NCCn1ccnn1)C1Cc2ccccc2CN1. The van der Waals surface area contributed by atoms with Crippen LogP contribution in [-0.4, -0.2) is 33.5 Å². The lowest BCUT2D eigenvalue weighted by atomic mass is 9.95. The maximum Gasteiger partial charge on any atom is 0.237 e. The lowest BCUT2D eigenvalue weighted by molar-refractivity contribution is -0.123. The Labute approximate surface area is 117 Å². The number of hydrogen-bond donors (Lipinski definition) is 2. The fraction of sp³-hybridized carbons (Fsp3) is 0.357. The summed E-state index contributed by atoms with van der Waals surface area (Å²) in [5, 5.41) is 13.8. The molecule has 0 spiro atoms. The summed E-state index contributed by atoms with van der Waals surface area (Å²) in [4.78, 5) is 12.1. The van der Waals surface area contributed by atoms with E-state index in [0.717, 1.165) is 13.0 Å². The summed E-state index contributed by atoms with van der Waals surface area (Å²) in [7, 11) is 0. The second-order valence-electron chi connectivity index (χ2n) is 4.86. The maximum atomic E-state index is 12.1. The van der Waals surface area contributed by atoms with Crippen LogP contribution in [0.5, 0.6) is 0 Å². The first kappa shape index (κ1) is 12.8. The molecule has 0 bridgehead atoms. The molecule has 1 aliphatic rings. The van der Waals surface area contributed by atoms with Crippen LogP contribution in [0.3, 0.4) is 0 Å². The number of carbonyl (C=O) groups excluding carboxylic acids is 1. The second kappa shape index (κ2) is 5.83. The van der Waals surface area contributed by atoms with Crippen molar-refractivity contribution in [3.63, 3.8) is 0 Å². The summed E-state index contributed by atoms with van der Waals surface area (Å²) >= 11 is 0. The molecule has 1 aromatic heterocycles. The van der Waals surface area contributed by atoms with Gasteiger partial charge in [0.25, 0.3) is 0 Å². The first-order valence-corrected chi connectivity index (χ1v) is 6.75. The highest BCUT2D eigenvalue weighted by molar-refractivity contribution is 5.82. The van der Waals surface area contributed by atoms with Crippen LogP contribution < -0.4 is 10.6 Å². The maximum absolute atomic E-state index is 12.1. The summed E-state index contributed by atoms with van der Waals surface area (Å²) in [5.74, 6) is 0.0413. The van der Waals surface area contributed by atoms with Crippen molar-refractivity contribution in [3.8, 4) is 0 Å². The molecule has 0 saturated heterocycles. The largest absolute Gasteiger partial charge is 0.353 e. The highest BCUT2D eigenvalue weighted by atomic mass is 16.2. The quantitative estimate of drug-likeness (QED) is 0.828. The van der Waals surface area contributed by atoms with Gasteiger partial charge in [0.05, 0.1) is 18.8 Å². The van der Waals surface area contributed by atoms with E-state index in [9.17, 15) is 4.79 Å². The van der Waals surface area contributed by atoms with Gasteiger partial charge in [-0.25, -0.2) is 0 Å². The van der Waals surface area contributed by atoms with Crippen LogP contribution in [0, 0.1) is 0 Å². The van der Waals surface area contributed by atoms with Gasteiger partial charge in [-0.15, -0.1) is 5.10 Å². The zero-order chi connectivity index (χ0) is 13.8. The standard InChI is InChI=1S/C14H17N5O/c20-14(15-5-7-19-8-6-17-18-19)13-9-11-3-1-2-4-12(11)10-16-13/h1-4,6,8,13,16H,5,7,9-10H2,(H,15,20). The van der Waals surface area contributed by atoms with E-state index >= 15 is 0 Å². The normalized spacial score (nSPS) is 17.5. The second-order valence-corrected chi connectivity index (χ2v) is 4.86. The molecule has 1 unspecified atom stereocenters. The van der Waals surface area contributed by atoms with Crippen LogP contribution >= 0.6 is 0 Å². The molecule has 104 valence electrons. The molecule has 6 nitrogen and oxygen atoms in total. The van der Waals surface area contributed by atoms with Crippen molar-refractivity contribution in [2.45, 2.75) is 25.6 Å². The molecular formula is C14H17N5O. The zero-order valence-corrected chi connectivity index (χ0v) is 11.1. The molecule has 0 fully saturated rings. The van der Waals surface area contributed by atoms with Crippen molar-refractivity contribution in [3.05, 3.63) is 47.8 Å². The Hall–Kier alpha value is -2.21. The van der Waals surface area contributed by atoms with E-state index in [1.165, 1.54) is 11.1 Å². The van der Waals surface area contributed by atoms with Gasteiger partial charge in [0.2, 0.25) is 5.91 Å². The molecule has 0 saturated carbocycles.